The Morgan fingerprint density at radius 3 is 2.17 bits per heavy atom. The Kier molecular flexibility index (Phi) is 5.78. The fourth-order valence-electron chi connectivity index (χ4n) is 11.8. The third kappa shape index (κ3) is 3.21. The second kappa shape index (κ2) is 7.84. The third-order valence-corrected chi connectivity index (χ3v) is 13.9. The van der Waals surface area contributed by atoms with Gasteiger partial charge >= 0.3 is 5.97 Å². The molecule has 3 heteroatoms. The van der Waals surface area contributed by atoms with Crippen molar-refractivity contribution in [3.8, 4) is 0 Å². The van der Waals surface area contributed by atoms with E-state index in [-0.39, 0.29) is 28.3 Å². The molecule has 11 atom stereocenters. The van der Waals surface area contributed by atoms with Crippen LogP contribution < -0.4 is 0 Å². The lowest BCUT2D eigenvalue weighted by atomic mass is 9.32. The molecule has 3 nitrogen and oxygen atoms in total. The average molecular weight is 485 g/mol. The van der Waals surface area contributed by atoms with Gasteiger partial charge < -0.3 is 9.84 Å². The molecule has 0 aromatic heterocycles. The summed E-state index contributed by atoms with van der Waals surface area (Å²) in [7, 11) is 0. The zero-order valence-corrected chi connectivity index (χ0v) is 23.9. The van der Waals surface area contributed by atoms with Gasteiger partial charge in [0.1, 0.15) is 6.10 Å². The summed E-state index contributed by atoms with van der Waals surface area (Å²) in [4.78, 5) is 12.3. The standard InChI is InChI=1S/C32H52O3/c1-19(2)21-12-14-29(6)16-17-30(7)22(27(21)29)10-11-24-31(30,8)15-13-23-28(4,5)25(34)18-26(32(23,24)9)35-20(3)33/h21-27,34H,1,10-18H2,2-9H3/t21-,22+,23+,24-,25+,26+,27+,29+,30+,31+,32-/m0/s1. The van der Waals surface area contributed by atoms with Gasteiger partial charge in [-0.3, -0.25) is 4.79 Å². The van der Waals surface area contributed by atoms with Crippen molar-refractivity contribution in [2.45, 2.75) is 125 Å². The van der Waals surface area contributed by atoms with Crippen molar-refractivity contribution in [2.75, 3.05) is 0 Å². The van der Waals surface area contributed by atoms with Crippen LogP contribution in [0, 0.1) is 56.7 Å². The predicted molar refractivity (Wildman–Crippen MR) is 142 cm³/mol. The Labute approximate surface area is 214 Å². The minimum absolute atomic E-state index is 0.0977. The van der Waals surface area contributed by atoms with E-state index in [9.17, 15) is 9.90 Å². The predicted octanol–water partition coefficient (Wildman–Crippen LogP) is 7.57. The van der Waals surface area contributed by atoms with E-state index in [1.165, 1.54) is 50.5 Å². The fourth-order valence-corrected chi connectivity index (χ4v) is 11.8. The molecule has 0 bridgehead atoms. The normalized spacial score (nSPS) is 54.6. The van der Waals surface area contributed by atoms with Gasteiger partial charge in [0.15, 0.2) is 0 Å². The van der Waals surface area contributed by atoms with Gasteiger partial charge in [0.2, 0.25) is 0 Å². The molecular weight excluding hydrogens is 432 g/mol. The van der Waals surface area contributed by atoms with Gasteiger partial charge in [0.25, 0.3) is 0 Å². The first kappa shape index (κ1) is 25.8. The number of allylic oxidation sites excluding steroid dienone is 1. The molecule has 35 heavy (non-hydrogen) atoms. The number of carbonyl (C=O) groups excluding carboxylic acids is 1. The Morgan fingerprint density at radius 2 is 1.54 bits per heavy atom. The maximum absolute atomic E-state index is 12.3. The van der Waals surface area contributed by atoms with E-state index in [0.717, 1.165) is 18.3 Å². The van der Waals surface area contributed by atoms with E-state index in [1.807, 2.05) is 0 Å². The smallest absolute Gasteiger partial charge is 0.302 e. The molecule has 5 aliphatic carbocycles. The molecule has 5 fully saturated rings. The number of esters is 1. The van der Waals surface area contributed by atoms with Crippen molar-refractivity contribution < 1.29 is 14.6 Å². The molecular formula is C32H52O3. The molecule has 0 aliphatic heterocycles. The molecule has 0 heterocycles. The molecule has 0 amide bonds. The van der Waals surface area contributed by atoms with Crippen molar-refractivity contribution >= 4 is 5.97 Å². The number of ether oxygens (including phenoxy) is 1. The quantitative estimate of drug-likeness (QED) is 0.325. The highest BCUT2D eigenvalue weighted by Crippen LogP contribution is 2.77. The van der Waals surface area contributed by atoms with E-state index >= 15 is 0 Å². The zero-order valence-electron chi connectivity index (χ0n) is 23.9. The molecule has 0 aromatic carbocycles. The molecule has 198 valence electrons. The van der Waals surface area contributed by atoms with Gasteiger partial charge in [0, 0.05) is 18.8 Å². The number of aliphatic hydroxyl groups excluding tert-OH is 1. The topological polar surface area (TPSA) is 46.5 Å². The average Bonchev–Trinajstić information content (AvgIpc) is 3.10. The maximum Gasteiger partial charge on any atom is 0.302 e. The lowest BCUT2D eigenvalue weighted by molar-refractivity contribution is -0.276. The molecule has 0 spiro atoms. The summed E-state index contributed by atoms with van der Waals surface area (Å²) in [6.45, 7) is 23.2. The van der Waals surface area contributed by atoms with Crippen LogP contribution in [0.25, 0.3) is 0 Å². The van der Waals surface area contributed by atoms with Crippen LogP contribution in [0.3, 0.4) is 0 Å². The summed E-state index contributed by atoms with van der Waals surface area (Å²) < 4.78 is 6.11. The summed E-state index contributed by atoms with van der Waals surface area (Å²) >= 11 is 0. The van der Waals surface area contributed by atoms with Gasteiger partial charge in [0.05, 0.1) is 6.10 Å². The number of hydrogen-bond acceptors (Lipinski definition) is 3. The molecule has 0 saturated heterocycles. The molecule has 0 radical (unpaired) electrons. The van der Waals surface area contributed by atoms with Crippen molar-refractivity contribution in [2.24, 2.45) is 56.7 Å². The van der Waals surface area contributed by atoms with Crippen molar-refractivity contribution in [1.29, 1.82) is 0 Å². The molecule has 1 N–H and O–H groups in total. The third-order valence-electron chi connectivity index (χ3n) is 13.9. The van der Waals surface area contributed by atoms with Gasteiger partial charge in [-0.05, 0) is 110 Å². The van der Waals surface area contributed by atoms with Gasteiger partial charge in [-0.1, -0.05) is 53.7 Å². The zero-order chi connectivity index (χ0) is 25.8. The molecule has 0 unspecified atom stereocenters. The van der Waals surface area contributed by atoms with Crippen LogP contribution in [0.5, 0.6) is 0 Å². The first-order chi connectivity index (χ1) is 16.1. The van der Waals surface area contributed by atoms with Crippen LogP contribution in [0.1, 0.15) is 113 Å². The van der Waals surface area contributed by atoms with Crippen LogP contribution in [0.2, 0.25) is 0 Å². The highest BCUT2D eigenvalue weighted by atomic mass is 16.5. The summed E-state index contributed by atoms with van der Waals surface area (Å²) in [6, 6.07) is 0. The summed E-state index contributed by atoms with van der Waals surface area (Å²) in [6.07, 6.45) is 10.2. The Morgan fingerprint density at radius 1 is 0.857 bits per heavy atom. The molecule has 5 saturated carbocycles. The Hall–Kier alpha value is -0.830. The minimum atomic E-state index is -0.425. The number of hydrogen-bond donors (Lipinski definition) is 1. The Bertz CT molecular complexity index is 906. The van der Waals surface area contributed by atoms with Crippen LogP contribution in [0.15, 0.2) is 12.2 Å². The van der Waals surface area contributed by atoms with Crippen LogP contribution in [-0.2, 0) is 9.53 Å². The van der Waals surface area contributed by atoms with E-state index in [1.54, 1.807) is 6.92 Å². The first-order valence-corrected chi connectivity index (χ1v) is 14.6. The van der Waals surface area contributed by atoms with Gasteiger partial charge in [-0.25, -0.2) is 0 Å². The van der Waals surface area contributed by atoms with Crippen molar-refractivity contribution in [3.63, 3.8) is 0 Å². The summed E-state index contributed by atoms with van der Waals surface area (Å²) in [5.74, 6) is 2.87. The van der Waals surface area contributed by atoms with E-state index in [0.29, 0.717) is 35.0 Å². The SMILES string of the molecule is C=C(C)[C@@H]1CC[C@]2(C)CC[C@]3(C)[C@H](CC[C@@H]4[C@]5(C)[C@H](CC[C@]43C)C(C)(C)[C@H](O)C[C@H]5OC(C)=O)[C@@H]12. The second-order valence-electron chi connectivity index (χ2n) is 15.4. The number of aliphatic hydroxyl groups is 1. The summed E-state index contributed by atoms with van der Waals surface area (Å²) in [5.41, 5.74) is 2.14. The number of fused-ring (bicyclic) bond motifs is 7. The summed E-state index contributed by atoms with van der Waals surface area (Å²) in [5, 5.41) is 11.2. The van der Waals surface area contributed by atoms with Crippen molar-refractivity contribution in [1.82, 2.24) is 0 Å². The first-order valence-electron chi connectivity index (χ1n) is 14.6. The van der Waals surface area contributed by atoms with Crippen LogP contribution in [-0.4, -0.2) is 23.3 Å². The molecule has 0 aromatic rings. The van der Waals surface area contributed by atoms with Gasteiger partial charge in [-0.15, -0.1) is 0 Å². The highest BCUT2D eigenvalue weighted by Gasteiger charge is 2.72. The van der Waals surface area contributed by atoms with E-state index in [4.69, 9.17) is 4.74 Å². The number of rotatable bonds is 2. The molecule has 5 aliphatic rings. The van der Waals surface area contributed by atoms with Crippen LogP contribution in [0.4, 0.5) is 0 Å². The Balaban J connectivity index is 1.58. The minimum Gasteiger partial charge on any atom is -0.462 e. The lowest BCUT2D eigenvalue weighted by Gasteiger charge is -2.73. The number of carbonyl (C=O) groups is 1. The lowest BCUT2D eigenvalue weighted by Crippen LogP contribution is -2.70. The van der Waals surface area contributed by atoms with E-state index in [2.05, 4.69) is 55.0 Å². The molecule has 5 rings (SSSR count). The van der Waals surface area contributed by atoms with E-state index < -0.39 is 6.10 Å². The van der Waals surface area contributed by atoms with Crippen LogP contribution >= 0.6 is 0 Å². The maximum atomic E-state index is 12.3. The largest absolute Gasteiger partial charge is 0.462 e. The monoisotopic (exact) mass is 484 g/mol. The fraction of sp³-hybridized carbons (Fsp3) is 0.906. The van der Waals surface area contributed by atoms with Crippen molar-refractivity contribution in [3.05, 3.63) is 12.2 Å². The van der Waals surface area contributed by atoms with Gasteiger partial charge in [-0.2, -0.15) is 0 Å². The highest BCUT2D eigenvalue weighted by molar-refractivity contribution is 5.66. The second-order valence-corrected chi connectivity index (χ2v) is 15.4.